The second kappa shape index (κ2) is 9.72. The summed E-state index contributed by atoms with van der Waals surface area (Å²) in [6, 6.07) is 17.7. The molecule has 0 saturated carbocycles. The van der Waals surface area contributed by atoms with E-state index in [1.165, 1.54) is 16.9 Å². The van der Waals surface area contributed by atoms with E-state index in [2.05, 4.69) is 33.5 Å². The van der Waals surface area contributed by atoms with Crippen LogP contribution in [-0.2, 0) is 22.4 Å². The Morgan fingerprint density at radius 2 is 2.11 bits per heavy atom. The lowest BCUT2D eigenvalue weighted by Gasteiger charge is -2.22. The first-order valence-corrected chi connectivity index (χ1v) is 12.4. The first kappa shape index (κ1) is 22.8. The summed E-state index contributed by atoms with van der Waals surface area (Å²) in [4.78, 5) is 34.0. The number of aromatic amines is 1. The number of anilines is 1. The molecule has 2 atom stereocenters. The molecule has 176 valence electrons. The van der Waals surface area contributed by atoms with Gasteiger partial charge in [0.1, 0.15) is 11.1 Å². The number of carbonyl (C=O) groups excluding carboxylic acids is 2. The molecule has 2 heterocycles. The summed E-state index contributed by atoms with van der Waals surface area (Å²) in [6.45, 7) is 1.78. The van der Waals surface area contributed by atoms with Crippen LogP contribution in [-0.4, -0.2) is 27.9 Å². The van der Waals surface area contributed by atoms with Crippen LogP contribution < -0.4 is 5.32 Å². The van der Waals surface area contributed by atoms with Gasteiger partial charge in [0.15, 0.2) is 6.10 Å². The molecule has 0 radical (unpaired) electrons. The van der Waals surface area contributed by atoms with Crippen LogP contribution in [0.1, 0.15) is 57.6 Å². The molecule has 8 heteroatoms. The quantitative estimate of drug-likeness (QED) is 0.359. The van der Waals surface area contributed by atoms with E-state index in [9.17, 15) is 14.9 Å². The van der Waals surface area contributed by atoms with E-state index in [4.69, 9.17) is 4.74 Å². The topological polar surface area (TPSA) is 108 Å². The lowest BCUT2D eigenvalue weighted by molar-refractivity contribution is -0.124. The molecule has 2 N–H and O–H groups in total. The van der Waals surface area contributed by atoms with Crippen molar-refractivity contribution in [3.05, 3.63) is 82.0 Å². The lowest BCUT2D eigenvalue weighted by atomic mass is 9.83. The summed E-state index contributed by atoms with van der Waals surface area (Å²) in [5.41, 5.74) is 4.64. The average molecular weight is 485 g/mol. The molecule has 0 bridgehead atoms. The van der Waals surface area contributed by atoms with Gasteiger partial charge in [-0.15, -0.1) is 11.3 Å². The smallest absolute Gasteiger partial charge is 0.338 e. The van der Waals surface area contributed by atoms with Gasteiger partial charge in [-0.3, -0.25) is 4.79 Å². The van der Waals surface area contributed by atoms with Crippen LogP contribution in [0.15, 0.2) is 54.9 Å². The summed E-state index contributed by atoms with van der Waals surface area (Å²) in [5, 5.41) is 13.2. The maximum Gasteiger partial charge on any atom is 0.338 e. The van der Waals surface area contributed by atoms with E-state index < -0.39 is 18.0 Å². The second-order valence-corrected chi connectivity index (χ2v) is 9.70. The number of aromatic nitrogens is 2. The number of nitrogens with one attached hydrogen (secondary N) is 2. The number of thiophene rings is 1. The zero-order chi connectivity index (χ0) is 24.4. The molecule has 0 spiro atoms. The Hall–Kier alpha value is -3.96. The van der Waals surface area contributed by atoms with Crippen LogP contribution >= 0.6 is 11.3 Å². The molecule has 0 aliphatic heterocycles. The number of benzene rings is 2. The fraction of sp³-hybridized carbons (Fsp3) is 0.259. The number of hydrogen-bond donors (Lipinski definition) is 2. The largest absolute Gasteiger partial charge is 0.449 e. The van der Waals surface area contributed by atoms with Crippen molar-refractivity contribution in [3.63, 3.8) is 0 Å². The molecule has 7 nitrogen and oxygen atoms in total. The molecule has 2 aromatic carbocycles. The fourth-order valence-electron chi connectivity index (χ4n) is 4.58. The Morgan fingerprint density at radius 1 is 1.29 bits per heavy atom. The van der Waals surface area contributed by atoms with Crippen molar-refractivity contribution in [2.75, 3.05) is 5.32 Å². The van der Waals surface area contributed by atoms with E-state index in [1.807, 2.05) is 18.2 Å². The molecule has 4 aromatic rings. The Balaban J connectivity index is 1.31. The zero-order valence-electron chi connectivity index (χ0n) is 19.2. The van der Waals surface area contributed by atoms with Gasteiger partial charge in [0.25, 0.3) is 5.91 Å². The van der Waals surface area contributed by atoms with Crippen LogP contribution in [0.25, 0.3) is 11.0 Å². The van der Waals surface area contributed by atoms with Crippen molar-refractivity contribution in [1.29, 1.82) is 5.26 Å². The van der Waals surface area contributed by atoms with Gasteiger partial charge in [-0.05, 0) is 60.9 Å². The molecule has 35 heavy (non-hydrogen) atoms. The SMILES string of the molecule is CCC(OC(=O)c1ccc2nc[nH]c2c1)C(=O)Nc1sc2c(c1C#N)CCC(c1ccccc1)C2. The number of hydrogen-bond acceptors (Lipinski definition) is 6. The predicted octanol–water partition coefficient (Wildman–Crippen LogP) is 5.34. The minimum atomic E-state index is -0.970. The van der Waals surface area contributed by atoms with Crippen molar-refractivity contribution in [2.24, 2.45) is 0 Å². The Kier molecular flexibility index (Phi) is 6.34. The number of nitrogens with zero attached hydrogens (tertiary/aromatic N) is 2. The van der Waals surface area contributed by atoms with Gasteiger partial charge in [0.05, 0.1) is 28.5 Å². The molecule has 0 saturated heterocycles. The first-order valence-electron chi connectivity index (χ1n) is 11.6. The van der Waals surface area contributed by atoms with E-state index in [0.29, 0.717) is 34.0 Å². The fourth-order valence-corrected chi connectivity index (χ4v) is 5.86. The predicted molar refractivity (Wildman–Crippen MR) is 134 cm³/mol. The van der Waals surface area contributed by atoms with Crippen molar-refractivity contribution in [3.8, 4) is 6.07 Å². The number of esters is 1. The van der Waals surface area contributed by atoms with Crippen molar-refractivity contribution >= 4 is 39.2 Å². The van der Waals surface area contributed by atoms with Gasteiger partial charge in [0.2, 0.25) is 0 Å². The molecule has 2 aromatic heterocycles. The highest BCUT2D eigenvalue weighted by molar-refractivity contribution is 7.16. The molecule has 5 rings (SSSR count). The van der Waals surface area contributed by atoms with Crippen LogP contribution in [0.2, 0.25) is 0 Å². The van der Waals surface area contributed by atoms with E-state index in [1.54, 1.807) is 31.5 Å². The summed E-state index contributed by atoms with van der Waals surface area (Å²) < 4.78 is 5.53. The van der Waals surface area contributed by atoms with Gasteiger partial charge in [0, 0.05) is 4.88 Å². The van der Waals surface area contributed by atoms with Crippen LogP contribution in [0, 0.1) is 11.3 Å². The molecule has 1 aliphatic rings. The van der Waals surface area contributed by atoms with Gasteiger partial charge in [-0.2, -0.15) is 5.26 Å². The van der Waals surface area contributed by atoms with Gasteiger partial charge in [-0.1, -0.05) is 37.3 Å². The first-order chi connectivity index (χ1) is 17.1. The number of rotatable bonds is 6. The molecular weight excluding hydrogens is 460 g/mol. The number of amides is 1. The number of fused-ring (bicyclic) bond motifs is 2. The molecular formula is C27H24N4O3S. The minimum Gasteiger partial charge on any atom is -0.449 e. The third-order valence-corrected chi connectivity index (χ3v) is 7.62. The highest BCUT2D eigenvalue weighted by Crippen LogP contribution is 2.42. The van der Waals surface area contributed by atoms with Crippen LogP contribution in [0.5, 0.6) is 0 Å². The van der Waals surface area contributed by atoms with Gasteiger partial charge < -0.3 is 15.0 Å². The van der Waals surface area contributed by atoms with Gasteiger partial charge in [-0.25, -0.2) is 9.78 Å². The summed E-state index contributed by atoms with van der Waals surface area (Å²) in [7, 11) is 0. The molecule has 0 fully saturated rings. The normalized spacial score (nSPS) is 15.7. The van der Waals surface area contributed by atoms with E-state index in [0.717, 1.165) is 35.2 Å². The highest BCUT2D eigenvalue weighted by Gasteiger charge is 2.29. The third-order valence-electron chi connectivity index (χ3n) is 6.45. The highest BCUT2D eigenvalue weighted by atomic mass is 32.1. The Bertz CT molecular complexity index is 1430. The summed E-state index contributed by atoms with van der Waals surface area (Å²) in [6.07, 6.45) is 3.50. The van der Waals surface area contributed by atoms with Crippen LogP contribution in [0.4, 0.5) is 5.00 Å². The number of nitriles is 1. The second-order valence-electron chi connectivity index (χ2n) is 8.60. The number of imidazole rings is 1. The Morgan fingerprint density at radius 3 is 2.89 bits per heavy atom. The van der Waals surface area contributed by atoms with Crippen molar-refractivity contribution in [1.82, 2.24) is 9.97 Å². The Labute approximate surface area is 206 Å². The maximum absolute atomic E-state index is 13.0. The standard InChI is InChI=1S/C27H24N4O3S/c1-2-23(34-27(33)18-9-11-21-22(12-18)30-15-29-21)25(32)31-26-20(14-28)19-10-8-17(13-24(19)35-26)16-6-4-3-5-7-16/h3-7,9,11-12,15,17,23H,2,8,10,13H2,1H3,(H,29,30)(H,31,32). The number of H-pyrrole nitrogens is 1. The zero-order valence-corrected chi connectivity index (χ0v) is 20.0. The molecule has 1 aliphatic carbocycles. The molecule has 1 amide bonds. The average Bonchev–Trinajstić information content (AvgIpc) is 3.50. The van der Waals surface area contributed by atoms with Crippen molar-refractivity contribution in [2.45, 2.75) is 44.6 Å². The maximum atomic E-state index is 13.0. The van der Waals surface area contributed by atoms with Gasteiger partial charge >= 0.3 is 5.97 Å². The van der Waals surface area contributed by atoms with E-state index in [-0.39, 0.29) is 0 Å². The van der Waals surface area contributed by atoms with Crippen LogP contribution in [0.3, 0.4) is 0 Å². The summed E-state index contributed by atoms with van der Waals surface area (Å²) >= 11 is 1.45. The minimum absolute atomic E-state index is 0.312. The van der Waals surface area contributed by atoms with E-state index >= 15 is 0 Å². The third kappa shape index (κ3) is 4.55. The summed E-state index contributed by atoms with van der Waals surface area (Å²) in [5.74, 6) is -0.618. The lowest BCUT2D eigenvalue weighted by Crippen LogP contribution is -2.32. The van der Waals surface area contributed by atoms with Crippen molar-refractivity contribution < 1.29 is 14.3 Å². The number of ether oxygens (including phenoxy) is 1. The monoisotopic (exact) mass is 484 g/mol. The molecule has 2 unspecified atom stereocenters. The number of carbonyl (C=O) groups is 2.